The summed E-state index contributed by atoms with van der Waals surface area (Å²) in [6, 6.07) is 1.46. The number of hydrogen-bond acceptors (Lipinski definition) is 3. The molecule has 5 nitrogen and oxygen atoms in total. The molecule has 1 aromatic rings. The first-order chi connectivity index (χ1) is 8.70. The number of aromatic nitrogens is 2. The fraction of sp³-hybridized carbons (Fsp3) is 0.692. The Balaban J connectivity index is 2.52. The van der Waals surface area contributed by atoms with E-state index in [0.29, 0.717) is 13.1 Å². The summed E-state index contributed by atoms with van der Waals surface area (Å²) in [6.45, 7) is 7.09. The lowest BCUT2D eigenvalue weighted by Gasteiger charge is -2.08. The molecule has 0 saturated heterocycles. The van der Waals surface area contributed by atoms with Gasteiger partial charge in [-0.1, -0.05) is 6.92 Å². The predicted molar refractivity (Wildman–Crippen MR) is 73.0 cm³/mol. The van der Waals surface area contributed by atoms with Crippen LogP contribution in [0.4, 0.5) is 0 Å². The summed E-state index contributed by atoms with van der Waals surface area (Å²) in [7, 11) is 0. The van der Waals surface area contributed by atoms with Gasteiger partial charge in [0.15, 0.2) is 0 Å². The van der Waals surface area contributed by atoms with E-state index >= 15 is 0 Å². The van der Waals surface area contributed by atoms with Gasteiger partial charge < -0.3 is 9.88 Å². The minimum absolute atomic E-state index is 0.202. The van der Waals surface area contributed by atoms with E-state index in [1.165, 1.54) is 10.6 Å². The lowest BCUT2D eigenvalue weighted by molar-refractivity contribution is 0.517. The van der Waals surface area contributed by atoms with Crippen LogP contribution in [0.1, 0.15) is 33.1 Å². The van der Waals surface area contributed by atoms with Crippen molar-refractivity contribution in [2.75, 3.05) is 13.1 Å². The number of hydrogen-bond donors (Lipinski definition) is 1. The van der Waals surface area contributed by atoms with E-state index in [4.69, 9.17) is 0 Å². The van der Waals surface area contributed by atoms with Crippen molar-refractivity contribution in [1.29, 1.82) is 0 Å². The Morgan fingerprint density at radius 1 is 1.17 bits per heavy atom. The SMILES string of the molecule is CCCNCCCCn1c(=O)ccn(CC)c1=O. The third-order valence-corrected chi connectivity index (χ3v) is 2.89. The van der Waals surface area contributed by atoms with Crippen molar-refractivity contribution in [3.05, 3.63) is 33.1 Å². The van der Waals surface area contributed by atoms with Gasteiger partial charge in [0.2, 0.25) is 0 Å². The van der Waals surface area contributed by atoms with Crippen LogP contribution in [0.15, 0.2) is 21.9 Å². The monoisotopic (exact) mass is 253 g/mol. The van der Waals surface area contributed by atoms with E-state index in [-0.39, 0.29) is 11.2 Å². The molecule has 0 aliphatic carbocycles. The molecule has 0 saturated carbocycles. The van der Waals surface area contributed by atoms with Crippen LogP contribution >= 0.6 is 0 Å². The standard InChI is InChI=1S/C13H23N3O2/c1-3-8-14-9-5-6-10-16-12(17)7-11-15(4-2)13(16)18/h7,11,14H,3-6,8-10H2,1-2H3. The second-order valence-electron chi connectivity index (χ2n) is 4.33. The van der Waals surface area contributed by atoms with Gasteiger partial charge in [-0.2, -0.15) is 0 Å². The van der Waals surface area contributed by atoms with E-state index in [0.717, 1.165) is 32.4 Å². The van der Waals surface area contributed by atoms with Crippen LogP contribution in [-0.2, 0) is 13.1 Å². The second-order valence-corrected chi connectivity index (χ2v) is 4.33. The molecule has 5 heteroatoms. The number of rotatable bonds is 8. The number of nitrogens with zero attached hydrogens (tertiary/aromatic N) is 2. The van der Waals surface area contributed by atoms with Crippen LogP contribution in [0.5, 0.6) is 0 Å². The Morgan fingerprint density at radius 2 is 1.94 bits per heavy atom. The molecule has 18 heavy (non-hydrogen) atoms. The molecule has 0 aromatic carbocycles. The first kappa shape index (κ1) is 14.7. The van der Waals surface area contributed by atoms with Crippen molar-refractivity contribution < 1.29 is 0 Å². The van der Waals surface area contributed by atoms with Gasteiger partial charge in [0.25, 0.3) is 5.56 Å². The van der Waals surface area contributed by atoms with Crippen molar-refractivity contribution in [3.63, 3.8) is 0 Å². The van der Waals surface area contributed by atoms with Crippen LogP contribution in [0, 0.1) is 0 Å². The van der Waals surface area contributed by atoms with Crippen LogP contribution in [0.2, 0.25) is 0 Å². The molecule has 0 amide bonds. The Hall–Kier alpha value is -1.36. The molecule has 1 aromatic heterocycles. The summed E-state index contributed by atoms with van der Waals surface area (Å²) >= 11 is 0. The quantitative estimate of drug-likeness (QED) is 0.698. The maximum Gasteiger partial charge on any atom is 0.330 e. The summed E-state index contributed by atoms with van der Waals surface area (Å²) in [4.78, 5) is 23.5. The molecule has 1 N–H and O–H groups in total. The summed E-state index contributed by atoms with van der Waals surface area (Å²) in [5.74, 6) is 0. The van der Waals surface area contributed by atoms with Crippen molar-refractivity contribution in [3.8, 4) is 0 Å². The van der Waals surface area contributed by atoms with Gasteiger partial charge in [-0.05, 0) is 39.3 Å². The largest absolute Gasteiger partial charge is 0.330 e. The Bertz CT molecular complexity index is 462. The summed E-state index contributed by atoms with van der Waals surface area (Å²) in [6.07, 6.45) is 4.51. The fourth-order valence-electron chi connectivity index (χ4n) is 1.82. The average Bonchev–Trinajstić information content (AvgIpc) is 2.37. The molecule has 102 valence electrons. The maximum absolute atomic E-state index is 11.9. The minimum atomic E-state index is -0.203. The number of unbranched alkanes of at least 4 members (excludes halogenated alkanes) is 1. The highest BCUT2D eigenvalue weighted by atomic mass is 16.2. The zero-order chi connectivity index (χ0) is 13.4. The molecule has 0 radical (unpaired) electrons. The normalized spacial score (nSPS) is 10.8. The van der Waals surface area contributed by atoms with E-state index in [2.05, 4.69) is 12.2 Å². The maximum atomic E-state index is 11.9. The van der Waals surface area contributed by atoms with Crippen LogP contribution in [0.3, 0.4) is 0 Å². The summed E-state index contributed by atoms with van der Waals surface area (Å²) in [5.41, 5.74) is -0.405. The van der Waals surface area contributed by atoms with Crippen molar-refractivity contribution >= 4 is 0 Å². The van der Waals surface area contributed by atoms with Gasteiger partial charge in [0.1, 0.15) is 0 Å². The third-order valence-electron chi connectivity index (χ3n) is 2.89. The van der Waals surface area contributed by atoms with E-state index < -0.39 is 0 Å². The second kappa shape index (κ2) is 7.87. The topological polar surface area (TPSA) is 56.0 Å². The Labute approximate surface area is 107 Å². The van der Waals surface area contributed by atoms with E-state index in [9.17, 15) is 9.59 Å². The van der Waals surface area contributed by atoms with Crippen molar-refractivity contribution in [1.82, 2.24) is 14.5 Å². The van der Waals surface area contributed by atoms with Gasteiger partial charge in [0.05, 0.1) is 0 Å². The lowest BCUT2D eigenvalue weighted by Crippen LogP contribution is -2.38. The predicted octanol–water partition coefficient (Wildman–Crippen LogP) is 0.810. The fourth-order valence-corrected chi connectivity index (χ4v) is 1.82. The first-order valence-electron chi connectivity index (χ1n) is 6.71. The molecule has 0 aliphatic heterocycles. The van der Waals surface area contributed by atoms with Crippen molar-refractivity contribution in [2.45, 2.75) is 46.2 Å². The highest BCUT2D eigenvalue weighted by molar-refractivity contribution is 4.86. The first-order valence-corrected chi connectivity index (χ1v) is 6.71. The molecular formula is C13H23N3O2. The summed E-state index contributed by atoms with van der Waals surface area (Å²) in [5, 5.41) is 3.30. The molecule has 0 bridgehead atoms. The molecule has 1 rings (SSSR count). The number of aryl methyl sites for hydroxylation is 1. The van der Waals surface area contributed by atoms with E-state index in [1.807, 2.05) is 6.92 Å². The smallest absolute Gasteiger partial charge is 0.317 e. The van der Waals surface area contributed by atoms with Gasteiger partial charge in [-0.3, -0.25) is 9.36 Å². The Morgan fingerprint density at radius 3 is 2.61 bits per heavy atom. The van der Waals surface area contributed by atoms with E-state index in [1.54, 1.807) is 10.8 Å². The molecule has 0 fully saturated rings. The average molecular weight is 253 g/mol. The Kier molecular flexibility index (Phi) is 6.43. The lowest BCUT2D eigenvalue weighted by atomic mass is 10.3. The van der Waals surface area contributed by atoms with Crippen LogP contribution < -0.4 is 16.6 Å². The molecule has 1 heterocycles. The highest BCUT2D eigenvalue weighted by Gasteiger charge is 2.03. The minimum Gasteiger partial charge on any atom is -0.317 e. The molecule has 0 atom stereocenters. The van der Waals surface area contributed by atoms with Gasteiger partial charge >= 0.3 is 5.69 Å². The van der Waals surface area contributed by atoms with Gasteiger partial charge in [-0.15, -0.1) is 0 Å². The summed E-state index contributed by atoms with van der Waals surface area (Å²) < 4.78 is 2.88. The molecular weight excluding hydrogens is 230 g/mol. The zero-order valence-electron chi connectivity index (χ0n) is 11.3. The van der Waals surface area contributed by atoms with Crippen LogP contribution in [0.25, 0.3) is 0 Å². The van der Waals surface area contributed by atoms with Gasteiger partial charge in [0, 0.05) is 25.4 Å². The van der Waals surface area contributed by atoms with Crippen LogP contribution in [-0.4, -0.2) is 22.2 Å². The molecule has 0 unspecified atom stereocenters. The highest BCUT2D eigenvalue weighted by Crippen LogP contribution is 1.90. The number of nitrogens with one attached hydrogen (secondary N) is 1. The molecule has 0 spiro atoms. The molecule has 0 aliphatic rings. The third kappa shape index (κ3) is 4.14. The van der Waals surface area contributed by atoms with Gasteiger partial charge in [-0.25, -0.2) is 4.79 Å². The van der Waals surface area contributed by atoms with Crippen molar-refractivity contribution in [2.24, 2.45) is 0 Å². The zero-order valence-corrected chi connectivity index (χ0v) is 11.3.